The van der Waals surface area contributed by atoms with E-state index in [1.165, 1.54) is 29.2 Å². The number of rotatable bonds is 6. The topological polar surface area (TPSA) is 76.6 Å². The number of carbonyl (C=O) groups is 1. The van der Waals surface area contributed by atoms with Crippen LogP contribution in [-0.4, -0.2) is 15.7 Å². The number of carbonyl (C=O) groups excluding carboxylic acids is 1. The minimum Gasteiger partial charge on any atom is -0.457 e. The SMILES string of the molecule is O=C1/C(=C/c2ccc(-c3ccc([N+](=O)[O-])cc3)o2)C=C(c2ccccc2)N1Cc1ccc(C(F)(F)F)cc1. The Labute approximate surface area is 215 Å². The van der Waals surface area contributed by atoms with E-state index < -0.39 is 16.7 Å². The number of nitro benzene ring substituents is 1. The van der Waals surface area contributed by atoms with Gasteiger partial charge in [0.15, 0.2) is 0 Å². The Hall–Kier alpha value is -4.92. The van der Waals surface area contributed by atoms with Gasteiger partial charge in [0, 0.05) is 23.3 Å². The van der Waals surface area contributed by atoms with Crippen molar-refractivity contribution in [2.45, 2.75) is 12.7 Å². The fourth-order valence-electron chi connectivity index (χ4n) is 4.13. The Kier molecular flexibility index (Phi) is 6.42. The summed E-state index contributed by atoms with van der Waals surface area (Å²) in [7, 11) is 0. The highest BCUT2D eigenvalue weighted by atomic mass is 19.4. The largest absolute Gasteiger partial charge is 0.457 e. The van der Waals surface area contributed by atoms with Gasteiger partial charge in [-0.1, -0.05) is 42.5 Å². The van der Waals surface area contributed by atoms with E-state index in [-0.39, 0.29) is 18.1 Å². The molecule has 1 aliphatic rings. The number of non-ortho nitro benzene ring substituents is 1. The van der Waals surface area contributed by atoms with Crippen LogP contribution in [0.4, 0.5) is 18.9 Å². The molecule has 0 fully saturated rings. The van der Waals surface area contributed by atoms with Crippen LogP contribution >= 0.6 is 0 Å². The molecule has 0 bridgehead atoms. The lowest BCUT2D eigenvalue weighted by Crippen LogP contribution is -2.25. The molecule has 4 aromatic rings. The highest BCUT2D eigenvalue weighted by Gasteiger charge is 2.31. The standard InChI is InChI=1S/C29H19F3N2O4/c30-29(31,32)23-10-6-19(7-11-23)18-33-26(20-4-2-1-3-5-20)17-22(28(33)35)16-25-14-15-27(38-25)21-8-12-24(13-9-21)34(36)37/h1-17H,18H2/b22-16+. The van der Waals surface area contributed by atoms with E-state index in [0.717, 1.165) is 17.7 Å². The molecule has 1 amide bonds. The third kappa shape index (κ3) is 5.12. The summed E-state index contributed by atoms with van der Waals surface area (Å²) in [4.78, 5) is 25.3. The van der Waals surface area contributed by atoms with Crippen LogP contribution in [0.15, 0.2) is 107 Å². The fourth-order valence-corrected chi connectivity index (χ4v) is 4.13. The summed E-state index contributed by atoms with van der Waals surface area (Å²) in [5.74, 6) is 0.560. The molecule has 0 N–H and O–H groups in total. The monoisotopic (exact) mass is 516 g/mol. The number of nitrogens with zero attached hydrogens (tertiary/aromatic N) is 2. The molecule has 0 radical (unpaired) electrons. The Balaban J connectivity index is 1.44. The normalized spacial score (nSPS) is 14.7. The van der Waals surface area contributed by atoms with Crippen molar-refractivity contribution in [2.24, 2.45) is 0 Å². The summed E-state index contributed by atoms with van der Waals surface area (Å²) in [6, 6.07) is 23.2. The average molecular weight is 516 g/mol. The van der Waals surface area contributed by atoms with Gasteiger partial charge in [0.25, 0.3) is 11.6 Å². The van der Waals surface area contributed by atoms with E-state index in [1.54, 1.807) is 36.4 Å². The van der Waals surface area contributed by atoms with Crippen molar-refractivity contribution in [3.05, 3.63) is 135 Å². The van der Waals surface area contributed by atoms with Crippen LogP contribution in [0, 0.1) is 10.1 Å². The number of amides is 1. The maximum absolute atomic E-state index is 13.4. The summed E-state index contributed by atoms with van der Waals surface area (Å²) in [6.45, 7) is 0.0846. The second-order valence-corrected chi connectivity index (χ2v) is 8.59. The molecule has 0 unspecified atom stereocenters. The van der Waals surface area contributed by atoms with Gasteiger partial charge in [-0.3, -0.25) is 14.9 Å². The molecule has 9 heteroatoms. The number of hydrogen-bond donors (Lipinski definition) is 0. The van der Waals surface area contributed by atoms with Crippen LogP contribution in [-0.2, 0) is 17.5 Å². The minimum absolute atomic E-state index is 0.0362. The Morgan fingerprint density at radius 3 is 2.18 bits per heavy atom. The molecule has 0 saturated heterocycles. The molecule has 1 aliphatic heterocycles. The van der Waals surface area contributed by atoms with E-state index in [0.29, 0.717) is 33.9 Å². The van der Waals surface area contributed by atoms with Gasteiger partial charge in [0.1, 0.15) is 11.5 Å². The smallest absolute Gasteiger partial charge is 0.416 e. The number of furan rings is 1. The first-order valence-electron chi connectivity index (χ1n) is 11.5. The maximum Gasteiger partial charge on any atom is 0.416 e. The van der Waals surface area contributed by atoms with Crippen molar-refractivity contribution in [2.75, 3.05) is 0 Å². The van der Waals surface area contributed by atoms with Gasteiger partial charge in [-0.05, 0) is 59.7 Å². The van der Waals surface area contributed by atoms with Crippen molar-refractivity contribution in [3.8, 4) is 11.3 Å². The zero-order chi connectivity index (χ0) is 26.9. The number of halogens is 3. The molecule has 5 rings (SSSR count). The number of benzene rings is 3. The van der Waals surface area contributed by atoms with Crippen LogP contribution in [0.2, 0.25) is 0 Å². The third-order valence-electron chi connectivity index (χ3n) is 6.05. The maximum atomic E-state index is 13.4. The fraction of sp³-hybridized carbons (Fsp3) is 0.0690. The minimum atomic E-state index is -4.44. The Bertz CT molecular complexity index is 1550. The third-order valence-corrected chi connectivity index (χ3v) is 6.05. The first-order chi connectivity index (χ1) is 18.2. The van der Waals surface area contributed by atoms with Gasteiger partial charge < -0.3 is 9.32 Å². The number of nitro groups is 1. The molecule has 0 saturated carbocycles. The van der Waals surface area contributed by atoms with Crippen molar-refractivity contribution in [1.82, 2.24) is 4.90 Å². The van der Waals surface area contributed by atoms with Crippen molar-refractivity contribution in [3.63, 3.8) is 0 Å². The van der Waals surface area contributed by atoms with E-state index >= 15 is 0 Å². The molecular weight excluding hydrogens is 497 g/mol. The predicted molar refractivity (Wildman–Crippen MR) is 135 cm³/mol. The van der Waals surface area contributed by atoms with Gasteiger partial charge in [0.05, 0.1) is 22.7 Å². The van der Waals surface area contributed by atoms with Crippen LogP contribution in [0.1, 0.15) is 22.5 Å². The van der Waals surface area contributed by atoms with Crippen LogP contribution < -0.4 is 0 Å². The summed E-state index contributed by atoms with van der Waals surface area (Å²) >= 11 is 0. The zero-order valence-corrected chi connectivity index (χ0v) is 19.7. The van der Waals surface area contributed by atoms with Gasteiger partial charge in [-0.25, -0.2) is 0 Å². The zero-order valence-electron chi connectivity index (χ0n) is 19.7. The number of alkyl halides is 3. The average Bonchev–Trinajstić information content (AvgIpc) is 3.50. The Morgan fingerprint density at radius 1 is 0.868 bits per heavy atom. The molecule has 1 aromatic heterocycles. The molecule has 2 heterocycles. The molecular formula is C29H19F3N2O4. The molecule has 3 aromatic carbocycles. The van der Waals surface area contributed by atoms with Crippen molar-refractivity contribution < 1.29 is 27.3 Å². The van der Waals surface area contributed by atoms with Gasteiger partial charge in [0.2, 0.25) is 0 Å². The van der Waals surface area contributed by atoms with Gasteiger partial charge in [-0.15, -0.1) is 0 Å². The molecule has 0 spiro atoms. The van der Waals surface area contributed by atoms with Crippen LogP contribution in [0.5, 0.6) is 0 Å². The van der Waals surface area contributed by atoms with Crippen LogP contribution in [0.3, 0.4) is 0 Å². The van der Waals surface area contributed by atoms with Crippen molar-refractivity contribution >= 4 is 23.4 Å². The lowest BCUT2D eigenvalue weighted by molar-refractivity contribution is -0.384. The van der Waals surface area contributed by atoms with Gasteiger partial charge in [-0.2, -0.15) is 13.2 Å². The molecule has 190 valence electrons. The second-order valence-electron chi connectivity index (χ2n) is 8.59. The van der Waals surface area contributed by atoms with Crippen LogP contribution in [0.25, 0.3) is 23.1 Å². The molecule has 38 heavy (non-hydrogen) atoms. The van der Waals surface area contributed by atoms with Gasteiger partial charge >= 0.3 is 6.18 Å². The summed E-state index contributed by atoms with van der Waals surface area (Å²) in [5.41, 5.74) is 2.14. The first kappa shape index (κ1) is 24.8. The Morgan fingerprint density at radius 2 is 1.55 bits per heavy atom. The highest BCUT2D eigenvalue weighted by Crippen LogP contribution is 2.34. The summed E-state index contributed by atoms with van der Waals surface area (Å²) in [5, 5.41) is 10.9. The lowest BCUT2D eigenvalue weighted by atomic mass is 10.1. The quantitative estimate of drug-likeness (QED) is 0.153. The van der Waals surface area contributed by atoms with E-state index in [1.807, 2.05) is 30.3 Å². The molecule has 0 atom stereocenters. The van der Waals surface area contributed by atoms with E-state index in [4.69, 9.17) is 4.42 Å². The molecule has 6 nitrogen and oxygen atoms in total. The number of hydrogen-bond acceptors (Lipinski definition) is 4. The van der Waals surface area contributed by atoms with E-state index in [9.17, 15) is 28.1 Å². The summed E-state index contributed by atoms with van der Waals surface area (Å²) in [6.07, 6.45) is -1.13. The van der Waals surface area contributed by atoms with Crippen molar-refractivity contribution in [1.29, 1.82) is 0 Å². The second kappa shape index (κ2) is 9.85. The highest BCUT2D eigenvalue weighted by molar-refractivity contribution is 6.10. The predicted octanol–water partition coefficient (Wildman–Crippen LogP) is 7.34. The molecule has 0 aliphatic carbocycles. The first-order valence-corrected chi connectivity index (χ1v) is 11.5. The lowest BCUT2D eigenvalue weighted by Gasteiger charge is -2.21. The van der Waals surface area contributed by atoms with E-state index in [2.05, 4.69) is 0 Å². The summed E-state index contributed by atoms with van der Waals surface area (Å²) < 4.78 is 44.8.